The van der Waals surface area contributed by atoms with Gasteiger partial charge in [0.2, 0.25) is 21.8 Å². The first kappa shape index (κ1) is 19.5. The molecule has 0 bridgehead atoms. The normalized spacial score (nSPS) is 17.0. The number of hydrogen-bond donors (Lipinski definition) is 1. The Bertz CT molecular complexity index is 1020. The van der Waals surface area contributed by atoms with Gasteiger partial charge in [-0.3, -0.25) is 14.6 Å². The van der Waals surface area contributed by atoms with Crippen molar-refractivity contribution in [3.63, 3.8) is 0 Å². The van der Waals surface area contributed by atoms with Crippen molar-refractivity contribution in [3.05, 3.63) is 48.8 Å². The van der Waals surface area contributed by atoms with Crippen LogP contribution in [0.5, 0.6) is 0 Å². The van der Waals surface area contributed by atoms with Gasteiger partial charge in [-0.15, -0.1) is 0 Å². The molecule has 2 fully saturated rings. The van der Waals surface area contributed by atoms with Gasteiger partial charge in [0.1, 0.15) is 4.90 Å². The summed E-state index contributed by atoms with van der Waals surface area (Å²) in [6, 6.07) is 9.93. The van der Waals surface area contributed by atoms with E-state index in [4.69, 9.17) is 0 Å². The summed E-state index contributed by atoms with van der Waals surface area (Å²) >= 11 is 0. The van der Waals surface area contributed by atoms with Crippen LogP contribution >= 0.6 is 0 Å². The summed E-state index contributed by atoms with van der Waals surface area (Å²) in [5.74, 6) is -0.422. The predicted molar refractivity (Wildman–Crippen MR) is 108 cm³/mol. The highest BCUT2D eigenvalue weighted by Crippen LogP contribution is 2.33. The van der Waals surface area contributed by atoms with Crippen LogP contribution in [0.25, 0.3) is 0 Å². The summed E-state index contributed by atoms with van der Waals surface area (Å²) in [5.41, 5.74) is 1.14. The zero-order chi connectivity index (χ0) is 20.4. The molecule has 29 heavy (non-hydrogen) atoms. The Balaban J connectivity index is 1.53. The van der Waals surface area contributed by atoms with E-state index in [2.05, 4.69) is 10.3 Å². The highest BCUT2D eigenvalue weighted by atomic mass is 32.2. The van der Waals surface area contributed by atoms with Gasteiger partial charge in [0.25, 0.3) is 0 Å². The topological polar surface area (TPSA) is 99.7 Å². The maximum absolute atomic E-state index is 13.0. The molecular weight excluding hydrogens is 392 g/mol. The molecule has 1 aliphatic heterocycles. The quantitative estimate of drug-likeness (QED) is 0.747. The Hall–Kier alpha value is -2.78. The summed E-state index contributed by atoms with van der Waals surface area (Å²) < 4.78 is 27.2. The number of aromatic nitrogens is 1. The van der Waals surface area contributed by atoms with Gasteiger partial charge in [0, 0.05) is 31.4 Å². The molecule has 1 aromatic carbocycles. The lowest BCUT2D eigenvalue weighted by Crippen LogP contribution is -2.39. The number of anilines is 2. The molecule has 152 valence electrons. The Morgan fingerprint density at radius 2 is 2.00 bits per heavy atom. The van der Waals surface area contributed by atoms with Gasteiger partial charge in [-0.25, -0.2) is 8.42 Å². The maximum Gasteiger partial charge on any atom is 0.245 e. The van der Waals surface area contributed by atoms with E-state index in [1.54, 1.807) is 35.2 Å². The van der Waals surface area contributed by atoms with Gasteiger partial charge in [-0.2, -0.15) is 4.31 Å². The molecule has 1 aliphatic carbocycles. The van der Waals surface area contributed by atoms with E-state index in [1.165, 1.54) is 22.8 Å². The number of nitrogens with zero attached hydrogens (tertiary/aromatic N) is 3. The predicted octanol–water partition coefficient (Wildman–Crippen LogP) is 2.00. The number of sulfonamides is 1. The number of amides is 2. The van der Waals surface area contributed by atoms with E-state index in [0.717, 1.165) is 19.3 Å². The lowest BCUT2D eigenvalue weighted by atomic mass is 10.2. The number of pyridine rings is 1. The number of para-hydroxylation sites is 2. The summed E-state index contributed by atoms with van der Waals surface area (Å²) in [4.78, 5) is 30.4. The molecule has 8 nitrogen and oxygen atoms in total. The number of nitrogens with one attached hydrogen (secondary N) is 1. The minimum absolute atomic E-state index is 0.0189. The van der Waals surface area contributed by atoms with Gasteiger partial charge in [0.05, 0.1) is 17.9 Å². The Morgan fingerprint density at radius 3 is 2.66 bits per heavy atom. The minimum Gasteiger partial charge on any atom is -0.323 e. The molecule has 0 radical (unpaired) electrons. The van der Waals surface area contributed by atoms with Gasteiger partial charge >= 0.3 is 0 Å². The maximum atomic E-state index is 13.0. The van der Waals surface area contributed by atoms with Crippen LogP contribution in [0.4, 0.5) is 11.4 Å². The average molecular weight is 414 g/mol. The molecule has 1 N–H and O–H groups in total. The molecule has 0 atom stereocenters. The molecule has 2 heterocycles. The molecule has 1 saturated heterocycles. The fourth-order valence-electron chi connectivity index (χ4n) is 3.46. The van der Waals surface area contributed by atoms with Gasteiger partial charge < -0.3 is 10.2 Å². The number of hydrogen-bond acceptors (Lipinski definition) is 5. The first-order valence-corrected chi connectivity index (χ1v) is 11.0. The van der Waals surface area contributed by atoms with Crippen molar-refractivity contribution >= 4 is 33.2 Å². The highest BCUT2D eigenvalue weighted by Gasteiger charge is 2.39. The van der Waals surface area contributed by atoms with E-state index in [1.807, 2.05) is 0 Å². The van der Waals surface area contributed by atoms with Crippen LogP contribution in [0.1, 0.15) is 25.7 Å². The molecule has 4 rings (SSSR count). The summed E-state index contributed by atoms with van der Waals surface area (Å²) in [7, 11) is -3.81. The van der Waals surface area contributed by atoms with Crippen LogP contribution in [0.2, 0.25) is 0 Å². The largest absolute Gasteiger partial charge is 0.323 e. The molecule has 0 spiro atoms. The van der Waals surface area contributed by atoms with Crippen LogP contribution in [-0.2, 0) is 19.6 Å². The van der Waals surface area contributed by atoms with Crippen molar-refractivity contribution in [1.29, 1.82) is 0 Å². The summed E-state index contributed by atoms with van der Waals surface area (Å²) in [6.07, 6.45) is 5.51. The molecule has 2 amide bonds. The van der Waals surface area contributed by atoms with Crippen LogP contribution in [-0.4, -0.2) is 48.7 Å². The molecule has 2 aromatic rings. The van der Waals surface area contributed by atoms with Crippen LogP contribution in [0.15, 0.2) is 53.7 Å². The number of carbonyl (C=O) groups excluding carboxylic acids is 2. The fraction of sp³-hybridized carbons (Fsp3) is 0.350. The lowest BCUT2D eigenvalue weighted by molar-refractivity contribution is -0.117. The van der Waals surface area contributed by atoms with Crippen molar-refractivity contribution in [1.82, 2.24) is 9.29 Å². The molecule has 9 heteroatoms. The third-order valence-electron chi connectivity index (χ3n) is 5.04. The monoisotopic (exact) mass is 414 g/mol. The molecule has 2 aliphatic rings. The van der Waals surface area contributed by atoms with Crippen molar-refractivity contribution in [2.75, 3.05) is 23.3 Å². The molecular formula is C20H22N4O4S. The van der Waals surface area contributed by atoms with E-state index >= 15 is 0 Å². The van der Waals surface area contributed by atoms with Crippen molar-refractivity contribution in [3.8, 4) is 0 Å². The second-order valence-corrected chi connectivity index (χ2v) is 9.07. The summed E-state index contributed by atoms with van der Waals surface area (Å²) in [5, 5.41) is 2.79. The molecule has 1 aromatic heterocycles. The Labute approximate surface area is 169 Å². The zero-order valence-corrected chi connectivity index (χ0v) is 16.6. The lowest BCUT2D eigenvalue weighted by Gasteiger charge is -2.23. The second kappa shape index (κ2) is 7.92. The van der Waals surface area contributed by atoms with Gasteiger partial charge in [-0.05, 0) is 43.5 Å². The highest BCUT2D eigenvalue weighted by molar-refractivity contribution is 7.89. The second-order valence-electron chi connectivity index (χ2n) is 7.18. The third-order valence-corrected chi connectivity index (χ3v) is 6.92. The standard InChI is InChI=1S/C20H22N4O4S/c25-19(22-17-6-1-2-7-18(17)23-12-4-8-20(23)26)14-24(15-9-10-15)29(27,28)16-5-3-11-21-13-16/h1-3,5-7,11,13,15H,4,8-10,12,14H2,(H,22,25). The average Bonchev–Trinajstić information content (AvgIpc) is 3.47. The van der Waals surface area contributed by atoms with E-state index in [0.29, 0.717) is 24.3 Å². The van der Waals surface area contributed by atoms with E-state index in [9.17, 15) is 18.0 Å². The SMILES string of the molecule is O=C(CN(C1CC1)S(=O)(=O)c1cccnc1)Nc1ccccc1N1CCCC1=O. The smallest absolute Gasteiger partial charge is 0.245 e. The Morgan fingerprint density at radius 1 is 1.21 bits per heavy atom. The number of benzene rings is 1. The van der Waals surface area contributed by atoms with E-state index < -0.39 is 15.9 Å². The van der Waals surface area contributed by atoms with Crippen molar-refractivity contribution in [2.45, 2.75) is 36.6 Å². The minimum atomic E-state index is -3.81. The molecule has 1 saturated carbocycles. The molecule has 0 unspecified atom stereocenters. The van der Waals surface area contributed by atoms with Gasteiger partial charge in [0.15, 0.2) is 0 Å². The first-order valence-electron chi connectivity index (χ1n) is 9.58. The Kier molecular flexibility index (Phi) is 5.33. The first-order chi connectivity index (χ1) is 14.0. The number of carbonyl (C=O) groups is 2. The fourth-order valence-corrected chi connectivity index (χ4v) is 5.06. The summed E-state index contributed by atoms with van der Waals surface area (Å²) in [6.45, 7) is 0.319. The van der Waals surface area contributed by atoms with Crippen LogP contribution in [0.3, 0.4) is 0 Å². The third kappa shape index (κ3) is 4.15. The van der Waals surface area contributed by atoms with Crippen LogP contribution < -0.4 is 10.2 Å². The van der Waals surface area contributed by atoms with Crippen molar-refractivity contribution < 1.29 is 18.0 Å². The van der Waals surface area contributed by atoms with E-state index in [-0.39, 0.29) is 23.4 Å². The van der Waals surface area contributed by atoms with Crippen molar-refractivity contribution in [2.24, 2.45) is 0 Å². The van der Waals surface area contributed by atoms with Gasteiger partial charge in [-0.1, -0.05) is 12.1 Å². The number of rotatable bonds is 7. The zero-order valence-electron chi connectivity index (χ0n) is 15.8. The van der Waals surface area contributed by atoms with Crippen LogP contribution in [0, 0.1) is 0 Å².